The van der Waals surface area contributed by atoms with Gasteiger partial charge in [0.15, 0.2) is 6.10 Å². The Bertz CT molecular complexity index is 1450. The second-order valence-electron chi connectivity index (χ2n) is 9.63. The van der Waals surface area contributed by atoms with E-state index in [4.69, 9.17) is 11.5 Å². The van der Waals surface area contributed by atoms with Crippen LogP contribution in [0.2, 0.25) is 0 Å². The molecule has 220 valence electrons. The van der Waals surface area contributed by atoms with Crippen LogP contribution in [0.1, 0.15) is 35.6 Å². The molecule has 15 heteroatoms. The van der Waals surface area contributed by atoms with Crippen molar-refractivity contribution in [3.8, 4) is 0 Å². The molecule has 4 rings (SSSR count). The fourth-order valence-electron chi connectivity index (χ4n) is 4.55. The van der Waals surface area contributed by atoms with Gasteiger partial charge in [-0.15, -0.1) is 0 Å². The van der Waals surface area contributed by atoms with E-state index < -0.39 is 35.1 Å². The quantitative estimate of drug-likeness (QED) is 0.162. The van der Waals surface area contributed by atoms with Crippen molar-refractivity contribution in [1.82, 2.24) is 9.97 Å². The van der Waals surface area contributed by atoms with Gasteiger partial charge in [0.2, 0.25) is 0 Å². The van der Waals surface area contributed by atoms with E-state index in [0.717, 1.165) is 30.5 Å². The van der Waals surface area contributed by atoms with E-state index in [0.29, 0.717) is 31.6 Å². The molecule has 2 aromatic heterocycles. The molecule has 1 saturated heterocycles. The molecule has 1 fully saturated rings. The number of anilines is 2. The lowest BCUT2D eigenvalue weighted by Crippen LogP contribution is -2.54. The number of aromatic nitrogens is 2. The maximum atomic E-state index is 13.1. The molecule has 41 heavy (non-hydrogen) atoms. The van der Waals surface area contributed by atoms with E-state index >= 15 is 0 Å². The van der Waals surface area contributed by atoms with Crippen molar-refractivity contribution in [2.24, 2.45) is 16.5 Å². The molecule has 9 nitrogen and oxygen atoms in total. The number of rotatable bonds is 7. The van der Waals surface area contributed by atoms with E-state index in [1.165, 1.54) is 18.3 Å². The maximum absolute atomic E-state index is 13.1. The minimum atomic E-state index is -4.83. The number of nitrogens with zero attached hydrogens (tertiary/aromatic N) is 3. The lowest BCUT2D eigenvalue weighted by atomic mass is 9.86. The summed E-state index contributed by atoms with van der Waals surface area (Å²) in [6.45, 7) is 0.788. The van der Waals surface area contributed by atoms with Gasteiger partial charge in [-0.3, -0.25) is 4.79 Å². The van der Waals surface area contributed by atoms with Crippen LogP contribution in [0.25, 0.3) is 0 Å². The number of hydrogen-bond donors (Lipinski definition) is 5. The molecule has 0 aliphatic carbocycles. The first-order chi connectivity index (χ1) is 19.2. The van der Waals surface area contributed by atoms with E-state index in [9.17, 15) is 36.2 Å². The summed E-state index contributed by atoms with van der Waals surface area (Å²) in [5.74, 6) is -0.0383. The first-order valence-corrected chi connectivity index (χ1v) is 12.4. The van der Waals surface area contributed by atoms with Crippen molar-refractivity contribution in [3.05, 3.63) is 81.9 Å². The van der Waals surface area contributed by atoms with Gasteiger partial charge in [0.05, 0.1) is 22.5 Å². The SMILES string of the molecule is NCC1(Nc2cc[nH]c(=O)c2C(N)=Nc2ccc([C@@H](O)C(F)(F)F)cc2)CCN(c2cc(C(F)(F)F)ccn2)CC1. The number of aromatic amines is 1. The fraction of sp³-hybridized carbons (Fsp3) is 0.346. The number of nitrogens with one attached hydrogen (secondary N) is 2. The van der Waals surface area contributed by atoms with Crippen LogP contribution >= 0.6 is 0 Å². The number of piperidine rings is 1. The zero-order chi connectivity index (χ0) is 30.0. The van der Waals surface area contributed by atoms with Crippen LogP contribution in [0.5, 0.6) is 0 Å². The van der Waals surface area contributed by atoms with Crippen LogP contribution < -0.4 is 27.2 Å². The highest BCUT2D eigenvalue weighted by Gasteiger charge is 2.39. The zero-order valence-electron chi connectivity index (χ0n) is 21.4. The highest BCUT2D eigenvalue weighted by Crippen LogP contribution is 2.34. The highest BCUT2D eigenvalue weighted by atomic mass is 19.4. The Labute approximate surface area is 229 Å². The van der Waals surface area contributed by atoms with Crippen LogP contribution in [0, 0.1) is 0 Å². The Kier molecular flexibility index (Phi) is 8.31. The Balaban J connectivity index is 1.54. The molecule has 1 aliphatic rings. The standard InChI is InChI=1S/C26H27F6N7O2/c27-25(28,29)16-5-9-35-19(13-16)39-11-7-24(14-33,8-12-39)38-18-6-10-36-23(41)20(18)22(34)37-17-3-1-15(2-4-17)21(40)26(30,31)32/h1-6,9-10,13,21,40H,7-8,11-12,14,33H2,(H2,34,37)(H2,36,38,41)/t21-/m1/s1. The molecular formula is C26H27F6N7O2. The normalized spacial score (nSPS) is 16.9. The summed E-state index contributed by atoms with van der Waals surface area (Å²) in [4.78, 5) is 25.2. The lowest BCUT2D eigenvalue weighted by molar-refractivity contribution is -0.206. The van der Waals surface area contributed by atoms with E-state index in [1.807, 2.05) is 0 Å². The van der Waals surface area contributed by atoms with E-state index in [1.54, 1.807) is 11.0 Å². The molecule has 0 saturated carbocycles. The summed E-state index contributed by atoms with van der Waals surface area (Å²) in [6.07, 6.45) is -8.70. The Morgan fingerprint density at radius 1 is 1.12 bits per heavy atom. The first kappa shape index (κ1) is 29.9. The summed E-state index contributed by atoms with van der Waals surface area (Å²) in [6, 6.07) is 8.00. The first-order valence-electron chi connectivity index (χ1n) is 12.4. The number of nitrogens with two attached hydrogens (primary N) is 2. The predicted molar refractivity (Wildman–Crippen MR) is 141 cm³/mol. The topological polar surface area (TPSA) is 146 Å². The van der Waals surface area contributed by atoms with Crippen LogP contribution in [0.3, 0.4) is 0 Å². The predicted octanol–water partition coefficient (Wildman–Crippen LogP) is 3.83. The number of alkyl halides is 6. The smallest absolute Gasteiger partial charge is 0.383 e. The molecule has 0 unspecified atom stereocenters. The highest BCUT2D eigenvalue weighted by molar-refractivity contribution is 6.03. The number of aliphatic imine (C=N–C) groups is 1. The third-order valence-corrected chi connectivity index (χ3v) is 6.89. The van der Waals surface area contributed by atoms with Gasteiger partial charge in [0, 0.05) is 32.0 Å². The van der Waals surface area contributed by atoms with Crippen molar-refractivity contribution in [2.75, 3.05) is 29.9 Å². The molecule has 3 heterocycles. The van der Waals surface area contributed by atoms with Crippen molar-refractivity contribution in [3.63, 3.8) is 0 Å². The summed E-state index contributed by atoms with van der Waals surface area (Å²) in [7, 11) is 0. The summed E-state index contributed by atoms with van der Waals surface area (Å²) < 4.78 is 77.8. The zero-order valence-corrected chi connectivity index (χ0v) is 21.4. The minimum absolute atomic E-state index is 0.0262. The number of H-pyrrole nitrogens is 1. The Morgan fingerprint density at radius 2 is 1.78 bits per heavy atom. The summed E-state index contributed by atoms with van der Waals surface area (Å²) in [5.41, 5.74) is 10.2. The van der Waals surface area contributed by atoms with Gasteiger partial charge in [-0.05, 0) is 48.7 Å². The molecule has 0 bridgehead atoms. The number of pyridine rings is 2. The van der Waals surface area contributed by atoms with Crippen LogP contribution in [0.15, 0.2) is 64.6 Å². The van der Waals surface area contributed by atoms with Crippen molar-refractivity contribution in [1.29, 1.82) is 0 Å². The lowest BCUT2D eigenvalue weighted by Gasteiger charge is -2.43. The molecule has 0 amide bonds. The van der Waals surface area contributed by atoms with Gasteiger partial charge in [-0.2, -0.15) is 26.3 Å². The van der Waals surface area contributed by atoms with Crippen LogP contribution in [0.4, 0.5) is 43.5 Å². The fourth-order valence-corrected chi connectivity index (χ4v) is 4.55. The van der Waals surface area contributed by atoms with E-state index in [-0.39, 0.29) is 35.0 Å². The van der Waals surface area contributed by atoms with Gasteiger partial charge >= 0.3 is 12.4 Å². The number of hydrogen-bond acceptors (Lipinski definition) is 7. The maximum Gasteiger partial charge on any atom is 0.418 e. The molecule has 0 radical (unpaired) electrons. The molecule has 7 N–H and O–H groups in total. The number of benzene rings is 1. The van der Waals surface area contributed by atoms with Gasteiger partial charge < -0.3 is 31.8 Å². The average Bonchev–Trinajstić information content (AvgIpc) is 2.92. The molecule has 0 spiro atoms. The number of amidine groups is 1. The summed E-state index contributed by atoms with van der Waals surface area (Å²) >= 11 is 0. The molecule has 1 aromatic carbocycles. The van der Waals surface area contributed by atoms with Gasteiger partial charge in [-0.25, -0.2) is 9.98 Å². The monoisotopic (exact) mass is 583 g/mol. The second kappa shape index (κ2) is 11.4. The Hall–Kier alpha value is -4.11. The molecular weight excluding hydrogens is 556 g/mol. The third-order valence-electron chi connectivity index (χ3n) is 6.89. The largest absolute Gasteiger partial charge is 0.418 e. The number of halogens is 6. The van der Waals surface area contributed by atoms with Gasteiger partial charge in [-0.1, -0.05) is 12.1 Å². The van der Waals surface area contributed by atoms with Crippen molar-refractivity contribution in [2.45, 2.75) is 36.8 Å². The third kappa shape index (κ3) is 6.79. The van der Waals surface area contributed by atoms with E-state index in [2.05, 4.69) is 20.3 Å². The van der Waals surface area contributed by atoms with Crippen molar-refractivity contribution >= 4 is 23.0 Å². The number of aliphatic hydroxyl groups excluding tert-OH is 1. The van der Waals surface area contributed by atoms with Crippen LogP contribution in [-0.4, -0.2) is 52.3 Å². The molecule has 1 aliphatic heterocycles. The molecule has 1 atom stereocenters. The molecule has 3 aromatic rings. The van der Waals surface area contributed by atoms with Crippen molar-refractivity contribution < 1.29 is 31.4 Å². The second-order valence-corrected chi connectivity index (χ2v) is 9.63. The summed E-state index contributed by atoms with van der Waals surface area (Å²) in [5, 5.41) is 12.7. The number of aliphatic hydroxyl groups is 1. The van der Waals surface area contributed by atoms with Gasteiger partial charge in [0.1, 0.15) is 17.2 Å². The minimum Gasteiger partial charge on any atom is -0.383 e. The average molecular weight is 584 g/mol. The van der Waals surface area contributed by atoms with Gasteiger partial charge in [0.25, 0.3) is 5.56 Å². The Morgan fingerprint density at radius 3 is 2.37 bits per heavy atom. The van der Waals surface area contributed by atoms with Crippen LogP contribution in [-0.2, 0) is 6.18 Å².